The molecule has 0 bridgehead atoms. The van der Waals surface area contributed by atoms with E-state index in [9.17, 15) is 9.59 Å². The van der Waals surface area contributed by atoms with Gasteiger partial charge in [-0.2, -0.15) is 0 Å². The van der Waals surface area contributed by atoms with E-state index in [-0.39, 0.29) is 30.3 Å². The first-order valence-electron chi connectivity index (χ1n) is 7.09. The number of benzene rings is 1. The number of carbonyl (C=O) groups excluding carboxylic acids is 2. The molecule has 1 aromatic rings. The Morgan fingerprint density at radius 1 is 1.41 bits per heavy atom. The molecule has 22 heavy (non-hydrogen) atoms. The van der Waals surface area contributed by atoms with Gasteiger partial charge in [0.25, 0.3) is 0 Å². The van der Waals surface area contributed by atoms with E-state index in [0.29, 0.717) is 18.1 Å². The van der Waals surface area contributed by atoms with Crippen molar-refractivity contribution in [3.05, 3.63) is 34.9 Å². The van der Waals surface area contributed by atoms with Gasteiger partial charge in [0, 0.05) is 25.2 Å². The van der Waals surface area contributed by atoms with Gasteiger partial charge in [0.1, 0.15) is 0 Å². The maximum absolute atomic E-state index is 12.6. The SMILES string of the molecule is COC(=O)CCN(C)C(=O)C1CNNC1c1ccccc1Cl. The van der Waals surface area contributed by atoms with Crippen molar-refractivity contribution in [2.24, 2.45) is 5.92 Å². The van der Waals surface area contributed by atoms with Crippen LogP contribution in [0.15, 0.2) is 24.3 Å². The molecule has 1 fully saturated rings. The van der Waals surface area contributed by atoms with Crippen LogP contribution >= 0.6 is 11.6 Å². The standard InChI is InChI=1S/C15H20ClN3O3/c1-19(8-7-13(20)22-2)15(21)11-9-17-18-14(11)10-5-3-4-6-12(10)16/h3-6,11,14,17-18H,7-9H2,1-2H3. The number of amides is 1. The summed E-state index contributed by atoms with van der Waals surface area (Å²) >= 11 is 6.22. The van der Waals surface area contributed by atoms with Crippen molar-refractivity contribution in [1.29, 1.82) is 0 Å². The van der Waals surface area contributed by atoms with Crippen LogP contribution in [0.4, 0.5) is 0 Å². The van der Waals surface area contributed by atoms with E-state index in [4.69, 9.17) is 11.6 Å². The summed E-state index contributed by atoms with van der Waals surface area (Å²) in [6.07, 6.45) is 0.184. The molecule has 0 saturated carbocycles. The molecule has 2 atom stereocenters. The molecule has 1 aliphatic heterocycles. The summed E-state index contributed by atoms with van der Waals surface area (Å²) < 4.78 is 4.59. The van der Waals surface area contributed by atoms with Gasteiger partial charge < -0.3 is 9.64 Å². The third-order valence-corrected chi connectivity index (χ3v) is 4.14. The highest BCUT2D eigenvalue weighted by molar-refractivity contribution is 6.31. The first-order chi connectivity index (χ1) is 10.5. The molecule has 2 N–H and O–H groups in total. The highest BCUT2D eigenvalue weighted by Crippen LogP contribution is 2.31. The Labute approximate surface area is 134 Å². The molecule has 120 valence electrons. The molecular formula is C15H20ClN3O3. The fraction of sp³-hybridized carbons (Fsp3) is 0.467. The molecule has 2 rings (SSSR count). The Morgan fingerprint density at radius 2 is 2.14 bits per heavy atom. The van der Waals surface area contributed by atoms with E-state index in [1.165, 1.54) is 7.11 Å². The minimum atomic E-state index is -0.329. The topological polar surface area (TPSA) is 70.7 Å². The fourth-order valence-electron chi connectivity index (χ4n) is 2.50. The summed E-state index contributed by atoms with van der Waals surface area (Å²) in [4.78, 5) is 25.3. The van der Waals surface area contributed by atoms with Crippen molar-refractivity contribution in [3.63, 3.8) is 0 Å². The van der Waals surface area contributed by atoms with Crippen LogP contribution in [0.25, 0.3) is 0 Å². The lowest BCUT2D eigenvalue weighted by atomic mass is 9.93. The second kappa shape index (κ2) is 7.58. The minimum Gasteiger partial charge on any atom is -0.469 e. The Balaban J connectivity index is 2.05. The normalized spacial score (nSPS) is 20.7. The molecule has 0 aromatic heterocycles. The predicted molar refractivity (Wildman–Crippen MR) is 83.1 cm³/mol. The van der Waals surface area contributed by atoms with Gasteiger partial charge >= 0.3 is 5.97 Å². The van der Waals surface area contributed by atoms with Crippen LogP contribution in [0.5, 0.6) is 0 Å². The van der Waals surface area contributed by atoms with Gasteiger partial charge in [-0.05, 0) is 11.6 Å². The average Bonchev–Trinajstić information content (AvgIpc) is 3.01. The molecule has 0 spiro atoms. The molecule has 0 radical (unpaired) electrons. The molecule has 6 nitrogen and oxygen atoms in total. The summed E-state index contributed by atoms with van der Waals surface area (Å²) in [5.41, 5.74) is 7.00. The van der Waals surface area contributed by atoms with Gasteiger partial charge in [-0.15, -0.1) is 0 Å². The number of esters is 1. The van der Waals surface area contributed by atoms with E-state index >= 15 is 0 Å². The van der Waals surface area contributed by atoms with Crippen LogP contribution in [0.3, 0.4) is 0 Å². The lowest BCUT2D eigenvalue weighted by Crippen LogP contribution is -2.37. The van der Waals surface area contributed by atoms with Crippen LogP contribution < -0.4 is 10.9 Å². The molecule has 1 heterocycles. The lowest BCUT2D eigenvalue weighted by Gasteiger charge is -2.24. The van der Waals surface area contributed by atoms with E-state index < -0.39 is 0 Å². The third-order valence-electron chi connectivity index (χ3n) is 3.79. The molecule has 7 heteroatoms. The number of carbonyl (C=O) groups is 2. The summed E-state index contributed by atoms with van der Waals surface area (Å²) in [6.45, 7) is 0.842. The Hall–Kier alpha value is -1.63. The van der Waals surface area contributed by atoms with Crippen molar-refractivity contribution in [2.75, 3.05) is 27.2 Å². The largest absolute Gasteiger partial charge is 0.469 e. The minimum absolute atomic E-state index is 0.0358. The molecular weight excluding hydrogens is 306 g/mol. The molecule has 2 unspecified atom stereocenters. The zero-order valence-electron chi connectivity index (χ0n) is 12.6. The van der Waals surface area contributed by atoms with Gasteiger partial charge in [-0.3, -0.25) is 15.0 Å². The summed E-state index contributed by atoms with van der Waals surface area (Å²) in [5.74, 6) is -0.640. The fourth-order valence-corrected chi connectivity index (χ4v) is 2.76. The number of ether oxygens (including phenoxy) is 1. The van der Waals surface area contributed by atoms with Crippen LogP contribution in [0.1, 0.15) is 18.0 Å². The zero-order chi connectivity index (χ0) is 16.1. The van der Waals surface area contributed by atoms with Crippen molar-refractivity contribution < 1.29 is 14.3 Å². The van der Waals surface area contributed by atoms with Crippen LogP contribution in [0.2, 0.25) is 5.02 Å². The van der Waals surface area contributed by atoms with Crippen LogP contribution in [-0.4, -0.2) is 44.0 Å². The molecule has 0 aliphatic carbocycles. The second-order valence-electron chi connectivity index (χ2n) is 5.22. The van der Waals surface area contributed by atoms with E-state index in [1.54, 1.807) is 18.0 Å². The number of methoxy groups -OCH3 is 1. The average molecular weight is 326 g/mol. The van der Waals surface area contributed by atoms with Gasteiger partial charge in [0.05, 0.1) is 25.5 Å². The van der Waals surface area contributed by atoms with Crippen molar-refractivity contribution in [3.8, 4) is 0 Å². The predicted octanol–water partition coefficient (Wildman–Crippen LogP) is 1.13. The zero-order valence-corrected chi connectivity index (χ0v) is 13.4. The number of rotatable bonds is 5. The summed E-state index contributed by atoms with van der Waals surface area (Å²) in [7, 11) is 3.02. The van der Waals surface area contributed by atoms with Crippen molar-refractivity contribution >= 4 is 23.5 Å². The number of halogens is 1. The number of hydrogen-bond acceptors (Lipinski definition) is 5. The second-order valence-corrected chi connectivity index (χ2v) is 5.62. The number of hydrogen-bond donors (Lipinski definition) is 2. The summed E-state index contributed by atoms with van der Waals surface area (Å²) in [6, 6.07) is 7.26. The van der Waals surface area contributed by atoms with Gasteiger partial charge in [0.15, 0.2) is 0 Å². The number of nitrogens with zero attached hydrogens (tertiary/aromatic N) is 1. The van der Waals surface area contributed by atoms with E-state index in [2.05, 4.69) is 15.6 Å². The monoisotopic (exact) mass is 325 g/mol. The van der Waals surface area contributed by atoms with Crippen LogP contribution in [0, 0.1) is 5.92 Å². The first-order valence-corrected chi connectivity index (χ1v) is 7.47. The first kappa shape index (κ1) is 16.7. The van der Waals surface area contributed by atoms with E-state index in [1.807, 2.05) is 18.2 Å². The van der Waals surface area contributed by atoms with Gasteiger partial charge in [-0.1, -0.05) is 29.8 Å². The van der Waals surface area contributed by atoms with Gasteiger partial charge in [-0.25, -0.2) is 5.43 Å². The van der Waals surface area contributed by atoms with Crippen LogP contribution in [-0.2, 0) is 14.3 Å². The van der Waals surface area contributed by atoms with Crippen molar-refractivity contribution in [2.45, 2.75) is 12.5 Å². The van der Waals surface area contributed by atoms with E-state index in [0.717, 1.165) is 5.56 Å². The maximum Gasteiger partial charge on any atom is 0.307 e. The number of hydrazine groups is 1. The number of nitrogens with one attached hydrogen (secondary N) is 2. The molecule has 1 saturated heterocycles. The Morgan fingerprint density at radius 3 is 2.82 bits per heavy atom. The Kier molecular flexibility index (Phi) is 5.76. The molecule has 1 aromatic carbocycles. The summed E-state index contributed by atoms with van der Waals surface area (Å²) in [5, 5.41) is 0.624. The maximum atomic E-state index is 12.6. The van der Waals surface area contributed by atoms with Crippen molar-refractivity contribution in [1.82, 2.24) is 15.8 Å². The highest BCUT2D eigenvalue weighted by Gasteiger charge is 2.36. The lowest BCUT2D eigenvalue weighted by molar-refractivity contribution is -0.142. The highest BCUT2D eigenvalue weighted by atomic mass is 35.5. The Bertz CT molecular complexity index is 553. The smallest absolute Gasteiger partial charge is 0.307 e. The molecule has 1 aliphatic rings. The third kappa shape index (κ3) is 3.76. The molecule has 1 amide bonds. The van der Waals surface area contributed by atoms with Gasteiger partial charge in [0.2, 0.25) is 5.91 Å². The quantitative estimate of drug-likeness (QED) is 0.794.